The van der Waals surface area contributed by atoms with Crippen molar-refractivity contribution in [3.8, 4) is 0 Å². The third kappa shape index (κ3) is 3.94. The Hall–Kier alpha value is -2.34. The summed E-state index contributed by atoms with van der Waals surface area (Å²) >= 11 is 0. The van der Waals surface area contributed by atoms with E-state index in [1.807, 2.05) is 0 Å². The molecule has 6 heteroatoms. The normalized spacial score (nSPS) is 16.7. The van der Waals surface area contributed by atoms with Crippen molar-refractivity contribution in [2.75, 3.05) is 6.54 Å². The van der Waals surface area contributed by atoms with Gasteiger partial charge in [-0.25, -0.2) is 0 Å². The van der Waals surface area contributed by atoms with Crippen molar-refractivity contribution in [3.63, 3.8) is 0 Å². The fourth-order valence-electron chi connectivity index (χ4n) is 3.06. The molecule has 6 nitrogen and oxygen atoms in total. The van der Waals surface area contributed by atoms with Gasteiger partial charge in [0.2, 0.25) is 0 Å². The van der Waals surface area contributed by atoms with E-state index < -0.39 is 5.60 Å². The monoisotopic (exact) mass is 330 g/mol. The Kier molecular flexibility index (Phi) is 4.85. The van der Waals surface area contributed by atoms with Crippen LogP contribution in [0, 0.1) is 0 Å². The molecule has 128 valence electrons. The van der Waals surface area contributed by atoms with Crippen LogP contribution in [0.1, 0.15) is 48.4 Å². The predicted molar refractivity (Wildman–Crippen MR) is 88.9 cm³/mol. The van der Waals surface area contributed by atoms with E-state index in [4.69, 9.17) is 4.42 Å². The first kappa shape index (κ1) is 16.5. The predicted octanol–water partition coefficient (Wildman–Crippen LogP) is 1.91. The van der Waals surface area contributed by atoms with Gasteiger partial charge in [-0.15, -0.1) is 0 Å². The molecule has 0 atom stereocenters. The molecule has 24 heavy (non-hydrogen) atoms. The van der Waals surface area contributed by atoms with Crippen LogP contribution in [0.4, 0.5) is 0 Å². The molecule has 0 spiro atoms. The molecule has 1 fully saturated rings. The molecular formula is C18H22N2O4. The zero-order valence-electron chi connectivity index (χ0n) is 13.5. The average molecular weight is 330 g/mol. The molecule has 0 bridgehead atoms. The summed E-state index contributed by atoms with van der Waals surface area (Å²) in [7, 11) is 0. The minimum atomic E-state index is -0.805. The molecule has 0 radical (unpaired) electrons. The molecule has 2 aromatic rings. The van der Waals surface area contributed by atoms with Gasteiger partial charge in [0.05, 0.1) is 12.1 Å². The largest absolute Gasteiger partial charge is 0.454 e. The number of rotatable bonds is 5. The average Bonchev–Trinajstić information content (AvgIpc) is 3.04. The Morgan fingerprint density at radius 1 is 1.21 bits per heavy atom. The summed E-state index contributed by atoms with van der Waals surface area (Å²) in [5.41, 5.74) is -0.930. The lowest BCUT2D eigenvalue weighted by atomic mass is 9.85. The maximum absolute atomic E-state index is 12.2. The quantitative estimate of drug-likeness (QED) is 0.877. The molecule has 1 saturated carbocycles. The van der Waals surface area contributed by atoms with Gasteiger partial charge in [0, 0.05) is 18.8 Å². The topological polar surface area (TPSA) is 84.5 Å². The van der Waals surface area contributed by atoms with Crippen LogP contribution in [0.15, 0.2) is 45.7 Å². The first-order valence-corrected chi connectivity index (χ1v) is 8.31. The number of carbonyl (C=O) groups is 1. The summed E-state index contributed by atoms with van der Waals surface area (Å²) in [5, 5.41) is 13.2. The number of nitrogens with one attached hydrogen (secondary N) is 1. The first-order valence-electron chi connectivity index (χ1n) is 8.31. The smallest absolute Gasteiger partial charge is 0.287 e. The van der Waals surface area contributed by atoms with E-state index in [2.05, 4.69) is 5.32 Å². The number of nitrogens with zero attached hydrogens (tertiary/aromatic N) is 1. The van der Waals surface area contributed by atoms with Crippen LogP contribution in [-0.4, -0.2) is 27.7 Å². The molecular weight excluding hydrogens is 308 g/mol. The minimum Gasteiger partial charge on any atom is -0.454 e. The van der Waals surface area contributed by atoms with Crippen molar-refractivity contribution in [1.82, 2.24) is 9.88 Å². The van der Waals surface area contributed by atoms with E-state index in [0.29, 0.717) is 18.6 Å². The van der Waals surface area contributed by atoms with E-state index in [1.54, 1.807) is 30.5 Å². The Bertz CT molecular complexity index is 756. The molecule has 2 aromatic heterocycles. The van der Waals surface area contributed by atoms with Crippen LogP contribution in [0.3, 0.4) is 0 Å². The Balaban J connectivity index is 1.59. The standard InChI is InChI=1S/C18H22N2O4/c21-16-6-2-5-11-20(16)12-14-7-8-15(24-14)17(22)19-13-18(23)9-3-1-4-10-18/h2,5-8,11,23H,1,3-4,9-10,12-13H2,(H,19,22). The number of amides is 1. The second kappa shape index (κ2) is 7.05. The number of carbonyl (C=O) groups excluding carboxylic acids is 1. The third-order valence-corrected chi connectivity index (χ3v) is 4.47. The number of aromatic nitrogens is 1. The highest BCUT2D eigenvalue weighted by Crippen LogP contribution is 2.27. The summed E-state index contributed by atoms with van der Waals surface area (Å²) in [6.07, 6.45) is 6.22. The highest BCUT2D eigenvalue weighted by molar-refractivity contribution is 5.91. The molecule has 0 aliphatic heterocycles. The maximum atomic E-state index is 12.2. The van der Waals surface area contributed by atoms with Gasteiger partial charge in [0.25, 0.3) is 11.5 Å². The van der Waals surface area contributed by atoms with Crippen LogP contribution in [0.5, 0.6) is 0 Å². The Morgan fingerprint density at radius 3 is 2.75 bits per heavy atom. The van der Waals surface area contributed by atoms with Crippen LogP contribution in [0.25, 0.3) is 0 Å². The molecule has 1 aliphatic carbocycles. The van der Waals surface area contributed by atoms with Gasteiger partial charge >= 0.3 is 0 Å². The molecule has 0 saturated heterocycles. The van der Waals surface area contributed by atoms with E-state index >= 15 is 0 Å². The fourth-order valence-corrected chi connectivity index (χ4v) is 3.06. The zero-order valence-corrected chi connectivity index (χ0v) is 13.5. The summed E-state index contributed by atoms with van der Waals surface area (Å²) in [6, 6.07) is 8.19. The number of hydrogen-bond acceptors (Lipinski definition) is 4. The lowest BCUT2D eigenvalue weighted by Crippen LogP contribution is -2.44. The second-order valence-electron chi connectivity index (χ2n) is 6.40. The van der Waals surface area contributed by atoms with E-state index in [-0.39, 0.29) is 30.3 Å². The van der Waals surface area contributed by atoms with Crippen molar-refractivity contribution >= 4 is 5.91 Å². The highest BCUT2D eigenvalue weighted by atomic mass is 16.4. The lowest BCUT2D eigenvalue weighted by molar-refractivity contribution is 0.00501. The minimum absolute atomic E-state index is 0.126. The molecule has 0 aromatic carbocycles. The molecule has 2 heterocycles. The number of hydrogen-bond donors (Lipinski definition) is 2. The van der Waals surface area contributed by atoms with Gasteiger partial charge in [-0.1, -0.05) is 25.3 Å². The van der Waals surface area contributed by atoms with Crippen LogP contribution < -0.4 is 10.9 Å². The lowest BCUT2D eigenvalue weighted by Gasteiger charge is -2.31. The van der Waals surface area contributed by atoms with Crippen LogP contribution >= 0.6 is 0 Å². The number of aliphatic hydroxyl groups is 1. The Labute approximate surface area is 140 Å². The van der Waals surface area contributed by atoms with Crippen molar-refractivity contribution in [2.45, 2.75) is 44.2 Å². The van der Waals surface area contributed by atoms with Gasteiger partial charge < -0.3 is 19.4 Å². The molecule has 1 aliphatic rings. The highest BCUT2D eigenvalue weighted by Gasteiger charge is 2.29. The van der Waals surface area contributed by atoms with E-state index in [9.17, 15) is 14.7 Å². The summed E-state index contributed by atoms with van der Waals surface area (Å²) in [6.45, 7) is 0.511. The number of furan rings is 1. The van der Waals surface area contributed by atoms with Gasteiger partial charge in [-0.3, -0.25) is 9.59 Å². The van der Waals surface area contributed by atoms with Crippen molar-refractivity contribution < 1.29 is 14.3 Å². The van der Waals surface area contributed by atoms with E-state index in [1.165, 1.54) is 10.6 Å². The van der Waals surface area contributed by atoms with Crippen molar-refractivity contribution in [2.24, 2.45) is 0 Å². The SMILES string of the molecule is O=C(NCC1(O)CCCCC1)c1ccc(Cn2ccccc2=O)o1. The summed E-state index contributed by atoms with van der Waals surface area (Å²) < 4.78 is 7.03. The summed E-state index contributed by atoms with van der Waals surface area (Å²) in [5.74, 6) is 0.374. The van der Waals surface area contributed by atoms with Gasteiger partial charge in [0.15, 0.2) is 5.76 Å². The fraction of sp³-hybridized carbons (Fsp3) is 0.444. The molecule has 3 rings (SSSR count). The first-order chi connectivity index (χ1) is 11.6. The Morgan fingerprint density at radius 2 is 2.00 bits per heavy atom. The van der Waals surface area contributed by atoms with Crippen molar-refractivity contribution in [1.29, 1.82) is 0 Å². The second-order valence-corrected chi connectivity index (χ2v) is 6.40. The van der Waals surface area contributed by atoms with Gasteiger partial charge in [0.1, 0.15) is 5.76 Å². The summed E-state index contributed by atoms with van der Waals surface area (Å²) in [4.78, 5) is 23.9. The molecule has 2 N–H and O–H groups in total. The van der Waals surface area contributed by atoms with Crippen LogP contribution in [0.2, 0.25) is 0 Å². The number of pyridine rings is 1. The van der Waals surface area contributed by atoms with Crippen LogP contribution in [-0.2, 0) is 6.54 Å². The zero-order chi connectivity index (χ0) is 17.0. The molecule has 0 unspecified atom stereocenters. The molecule has 1 amide bonds. The maximum Gasteiger partial charge on any atom is 0.287 e. The van der Waals surface area contributed by atoms with Crippen molar-refractivity contribution in [3.05, 3.63) is 58.4 Å². The van der Waals surface area contributed by atoms with Gasteiger partial charge in [-0.2, -0.15) is 0 Å². The van der Waals surface area contributed by atoms with Gasteiger partial charge in [-0.05, 0) is 31.0 Å². The third-order valence-electron chi connectivity index (χ3n) is 4.47. The van der Waals surface area contributed by atoms with E-state index in [0.717, 1.165) is 19.3 Å².